The Balaban J connectivity index is 3.64. The summed E-state index contributed by atoms with van der Waals surface area (Å²) in [5.41, 5.74) is 2.96. The van der Waals surface area contributed by atoms with E-state index in [0.29, 0.717) is 6.07 Å². The van der Waals surface area contributed by atoms with Gasteiger partial charge in [0.15, 0.2) is 0 Å². The predicted octanol–water partition coefficient (Wildman–Crippen LogP) is 2.98. The number of alkyl halides is 3. The van der Waals surface area contributed by atoms with Crippen molar-refractivity contribution in [3.63, 3.8) is 0 Å². The molecule has 90 valence electrons. The van der Waals surface area contributed by atoms with Crippen molar-refractivity contribution in [1.82, 2.24) is 0 Å². The fraction of sp³-hybridized carbons (Fsp3) is 0.143. The number of benzene rings is 1. The Morgan fingerprint density at radius 3 is 2.19 bits per heavy atom. The average Bonchev–Trinajstić information content (AvgIpc) is 2.04. The molecule has 0 heterocycles. The molecule has 0 bridgehead atoms. The molecule has 2 N–H and O–H groups in total. The smallest absolute Gasteiger partial charge is 0.397 e. The molecule has 3 nitrogen and oxygen atoms in total. The van der Waals surface area contributed by atoms with E-state index in [1.807, 2.05) is 0 Å². The first kappa shape index (κ1) is 13.6. The van der Waals surface area contributed by atoms with Crippen LogP contribution in [0.15, 0.2) is 21.5 Å². The molecule has 16 heavy (non-hydrogen) atoms. The van der Waals surface area contributed by atoms with Crippen molar-refractivity contribution in [3.05, 3.63) is 22.2 Å². The summed E-state index contributed by atoms with van der Waals surface area (Å²) in [6.45, 7) is 0. The van der Waals surface area contributed by atoms with Gasteiger partial charge in [0.2, 0.25) is 0 Å². The van der Waals surface area contributed by atoms with Gasteiger partial charge >= 0.3 is 6.18 Å². The molecular weight excluding hydrogens is 334 g/mol. The third-order valence-corrected chi connectivity index (χ3v) is 3.49. The molecule has 0 saturated carbocycles. The van der Waals surface area contributed by atoms with Crippen LogP contribution in [0.1, 0.15) is 5.56 Å². The largest absolute Gasteiger partial charge is 0.418 e. The lowest BCUT2D eigenvalue weighted by Gasteiger charge is -2.12. The molecule has 0 aliphatic carbocycles. The SMILES string of the molecule is Nc1c(C(F)(F)F)cc(Br)cc1S(=O)(=O)Cl. The summed E-state index contributed by atoms with van der Waals surface area (Å²) in [4.78, 5) is -0.768. The highest BCUT2D eigenvalue weighted by Gasteiger charge is 2.35. The number of rotatable bonds is 1. The van der Waals surface area contributed by atoms with E-state index in [0.717, 1.165) is 6.07 Å². The van der Waals surface area contributed by atoms with Gasteiger partial charge in [-0.2, -0.15) is 13.2 Å². The molecule has 0 amide bonds. The van der Waals surface area contributed by atoms with Crippen LogP contribution in [0.5, 0.6) is 0 Å². The minimum atomic E-state index is -4.75. The van der Waals surface area contributed by atoms with Crippen LogP contribution in [0.4, 0.5) is 18.9 Å². The van der Waals surface area contributed by atoms with Crippen molar-refractivity contribution in [2.45, 2.75) is 11.1 Å². The lowest BCUT2D eigenvalue weighted by atomic mass is 10.2. The van der Waals surface area contributed by atoms with Crippen molar-refractivity contribution in [1.29, 1.82) is 0 Å². The lowest BCUT2D eigenvalue weighted by molar-refractivity contribution is -0.137. The van der Waals surface area contributed by atoms with Crippen LogP contribution in [0.25, 0.3) is 0 Å². The molecule has 0 aliphatic heterocycles. The third kappa shape index (κ3) is 2.80. The van der Waals surface area contributed by atoms with E-state index in [1.54, 1.807) is 0 Å². The molecule has 0 aromatic heterocycles. The van der Waals surface area contributed by atoms with Crippen LogP contribution < -0.4 is 5.73 Å². The zero-order chi connectivity index (χ0) is 12.7. The summed E-state index contributed by atoms with van der Waals surface area (Å²) in [6, 6.07) is 1.59. The van der Waals surface area contributed by atoms with Crippen molar-refractivity contribution in [3.8, 4) is 0 Å². The van der Waals surface area contributed by atoms with Crippen LogP contribution in [-0.2, 0) is 15.2 Å². The van der Waals surface area contributed by atoms with Crippen molar-refractivity contribution >= 4 is 41.4 Å². The van der Waals surface area contributed by atoms with Gasteiger partial charge in [0.25, 0.3) is 9.05 Å². The zero-order valence-corrected chi connectivity index (χ0v) is 10.5. The van der Waals surface area contributed by atoms with Gasteiger partial charge in [-0.3, -0.25) is 0 Å². The molecule has 1 aromatic carbocycles. The fourth-order valence-corrected chi connectivity index (χ4v) is 2.66. The number of nitrogens with two attached hydrogens (primary N) is 1. The minimum Gasteiger partial charge on any atom is -0.397 e. The second kappa shape index (κ2) is 4.08. The normalized spacial score (nSPS) is 12.8. The summed E-state index contributed by atoms with van der Waals surface area (Å²) < 4.78 is 59.3. The first-order valence-corrected chi connectivity index (χ1v) is 6.74. The van der Waals surface area contributed by atoms with Gasteiger partial charge in [-0.05, 0) is 12.1 Å². The monoisotopic (exact) mass is 337 g/mol. The van der Waals surface area contributed by atoms with Gasteiger partial charge < -0.3 is 5.73 Å². The summed E-state index contributed by atoms with van der Waals surface area (Å²) >= 11 is 2.75. The number of nitrogen functional groups attached to an aromatic ring is 1. The molecule has 1 aromatic rings. The van der Waals surface area contributed by atoms with Crippen LogP contribution in [0, 0.1) is 0 Å². The Morgan fingerprint density at radius 1 is 1.31 bits per heavy atom. The van der Waals surface area contributed by atoms with E-state index in [2.05, 4.69) is 15.9 Å². The van der Waals surface area contributed by atoms with Crippen LogP contribution >= 0.6 is 26.6 Å². The van der Waals surface area contributed by atoms with E-state index in [9.17, 15) is 21.6 Å². The van der Waals surface area contributed by atoms with Gasteiger partial charge in [0.05, 0.1) is 11.3 Å². The molecule has 0 spiro atoms. The Bertz CT molecular complexity index is 529. The molecule has 0 unspecified atom stereocenters. The second-order valence-electron chi connectivity index (χ2n) is 2.80. The third-order valence-electron chi connectivity index (χ3n) is 1.67. The Hall–Kier alpha value is -0.470. The molecule has 0 saturated heterocycles. The maximum absolute atomic E-state index is 12.5. The summed E-state index contributed by atoms with van der Waals surface area (Å²) in [7, 11) is 0.640. The van der Waals surface area contributed by atoms with Crippen LogP contribution in [-0.4, -0.2) is 8.42 Å². The second-order valence-corrected chi connectivity index (χ2v) is 6.25. The quantitative estimate of drug-likeness (QED) is 0.632. The summed E-state index contributed by atoms with van der Waals surface area (Å²) in [6.07, 6.45) is -4.75. The van der Waals surface area contributed by atoms with Crippen LogP contribution in [0.2, 0.25) is 0 Å². The minimum absolute atomic E-state index is 0.0757. The van der Waals surface area contributed by atoms with E-state index in [1.165, 1.54) is 0 Å². The molecule has 1 rings (SSSR count). The lowest BCUT2D eigenvalue weighted by Crippen LogP contribution is -2.11. The summed E-state index contributed by atoms with van der Waals surface area (Å²) in [5, 5.41) is 0. The van der Waals surface area contributed by atoms with Crippen molar-refractivity contribution in [2.24, 2.45) is 0 Å². The van der Waals surface area contributed by atoms with Gasteiger partial charge in [0, 0.05) is 15.2 Å². The van der Waals surface area contributed by atoms with Gasteiger partial charge in [-0.1, -0.05) is 15.9 Å². The zero-order valence-electron chi connectivity index (χ0n) is 7.35. The fourth-order valence-electron chi connectivity index (χ4n) is 1.03. The molecule has 9 heteroatoms. The number of anilines is 1. The highest BCUT2D eigenvalue weighted by atomic mass is 79.9. The highest BCUT2D eigenvalue weighted by Crippen LogP contribution is 2.39. The molecule has 0 radical (unpaired) electrons. The Kier molecular flexibility index (Phi) is 3.47. The first-order valence-electron chi connectivity index (χ1n) is 3.64. The van der Waals surface area contributed by atoms with Gasteiger partial charge in [-0.15, -0.1) is 0 Å². The Morgan fingerprint density at radius 2 is 1.81 bits per heavy atom. The maximum atomic E-state index is 12.5. The van der Waals surface area contributed by atoms with E-state index >= 15 is 0 Å². The standard InChI is InChI=1S/C7H4BrClF3NO2S/c8-3-1-4(7(10,11)12)6(13)5(2-3)16(9,14)15/h1-2H,13H2. The van der Waals surface area contributed by atoms with E-state index in [4.69, 9.17) is 16.4 Å². The molecular formula is C7H4BrClF3NO2S. The van der Waals surface area contributed by atoms with Gasteiger partial charge in [-0.25, -0.2) is 8.42 Å². The number of hydrogen-bond acceptors (Lipinski definition) is 3. The predicted molar refractivity (Wildman–Crippen MR) is 56.6 cm³/mol. The molecule has 0 atom stereocenters. The van der Waals surface area contributed by atoms with Gasteiger partial charge in [0.1, 0.15) is 4.90 Å². The molecule has 0 fully saturated rings. The summed E-state index contributed by atoms with van der Waals surface area (Å²) in [5.74, 6) is 0. The topological polar surface area (TPSA) is 60.2 Å². The average molecular weight is 339 g/mol. The van der Waals surface area contributed by atoms with Crippen molar-refractivity contribution < 1.29 is 21.6 Å². The molecule has 0 aliphatic rings. The van der Waals surface area contributed by atoms with E-state index < -0.39 is 31.4 Å². The van der Waals surface area contributed by atoms with Crippen molar-refractivity contribution in [2.75, 3.05) is 5.73 Å². The number of halogens is 5. The first-order chi connectivity index (χ1) is 7.03. The van der Waals surface area contributed by atoms with E-state index in [-0.39, 0.29) is 4.47 Å². The number of hydrogen-bond donors (Lipinski definition) is 1. The Labute approximate surface area is 102 Å². The maximum Gasteiger partial charge on any atom is 0.418 e. The highest BCUT2D eigenvalue weighted by molar-refractivity contribution is 9.10. The van der Waals surface area contributed by atoms with Crippen LogP contribution in [0.3, 0.4) is 0 Å².